The molecule has 1 saturated carbocycles. The number of rotatable bonds is 2. The van der Waals surface area contributed by atoms with Crippen molar-refractivity contribution in [2.45, 2.75) is 33.6 Å². The van der Waals surface area contributed by atoms with Gasteiger partial charge in [-0.05, 0) is 35.7 Å². The summed E-state index contributed by atoms with van der Waals surface area (Å²) in [6, 6.07) is 0. The zero-order valence-electron chi connectivity index (χ0n) is 9.58. The summed E-state index contributed by atoms with van der Waals surface area (Å²) >= 11 is 0. The van der Waals surface area contributed by atoms with E-state index in [1.54, 1.807) is 0 Å². The molecular weight excluding hydrogens is 188 g/mol. The summed E-state index contributed by atoms with van der Waals surface area (Å²) in [6.45, 7) is 6.12. The van der Waals surface area contributed by atoms with Gasteiger partial charge < -0.3 is 0 Å². The van der Waals surface area contributed by atoms with Crippen LogP contribution in [-0.2, 0) is 4.79 Å². The number of amides is 1. The van der Waals surface area contributed by atoms with Crippen molar-refractivity contribution in [3.8, 4) is 0 Å². The first-order chi connectivity index (χ1) is 7.01. The van der Waals surface area contributed by atoms with Gasteiger partial charge in [-0.25, -0.2) is 5.43 Å². The number of carbonyl (C=O) groups is 1. The first-order valence-corrected chi connectivity index (χ1v) is 5.51. The summed E-state index contributed by atoms with van der Waals surface area (Å²) < 4.78 is 0. The highest BCUT2D eigenvalue weighted by Gasteiger charge is 2.50. The molecule has 0 heterocycles. The van der Waals surface area contributed by atoms with E-state index in [1.807, 2.05) is 6.21 Å². The smallest absolute Gasteiger partial charge is 0.236 e. The molecule has 2 bridgehead atoms. The van der Waals surface area contributed by atoms with E-state index in [0.29, 0.717) is 11.3 Å². The molecule has 15 heavy (non-hydrogen) atoms. The average molecular weight is 206 g/mol. The van der Waals surface area contributed by atoms with Crippen molar-refractivity contribution in [1.29, 1.82) is 0 Å². The summed E-state index contributed by atoms with van der Waals surface area (Å²) in [4.78, 5) is 10.7. The molecule has 0 unspecified atom stereocenters. The van der Waals surface area contributed by atoms with E-state index in [1.165, 1.54) is 18.9 Å². The fraction of sp³-hybridized carbons (Fsp3) is 0.667. The van der Waals surface area contributed by atoms with Crippen LogP contribution >= 0.6 is 0 Å². The molecular formula is C12H18N2O. The van der Waals surface area contributed by atoms with Crippen LogP contribution in [0.1, 0.15) is 33.6 Å². The highest BCUT2D eigenvalue weighted by atomic mass is 16.2. The van der Waals surface area contributed by atoms with E-state index in [-0.39, 0.29) is 5.91 Å². The topological polar surface area (TPSA) is 41.5 Å². The monoisotopic (exact) mass is 206 g/mol. The van der Waals surface area contributed by atoms with Gasteiger partial charge in [0.25, 0.3) is 0 Å². The van der Waals surface area contributed by atoms with Gasteiger partial charge in [0.2, 0.25) is 5.91 Å². The van der Waals surface area contributed by atoms with Crippen molar-refractivity contribution in [2.24, 2.45) is 22.4 Å². The highest BCUT2D eigenvalue weighted by Crippen LogP contribution is 2.58. The van der Waals surface area contributed by atoms with Gasteiger partial charge in [0.05, 0.1) is 6.21 Å². The van der Waals surface area contributed by atoms with Crippen LogP contribution in [0.15, 0.2) is 16.8 Å². The molecule has 0 aromatic rings. The maximum Gasteiger partial charge on any atom is 0.236 e. The molecule has 1 amide bonds. The van der Waals surface area contributed by atoms with Gasteiger partial charge in [-0.15, -0.1) is 0 Å². The predicted octanol–water partition coefficient (Wildman–Crippen LogP) is 2.10. The standard InChI is InChI=1S/C12H18N2O/c1-8(15)14-13-7-9-4-5-10-6-11(9)12(10,2)3/h4,7,10-11H,5-6H2,1-3H3,(H,14,15)/b13-7-/t10-,11-/m0/s1. The van der Waals surface area contributed by atoms with Gasteiger partial charge in [-0.1, -0.05) is 19.9 Å². The second kappa shape index (κ2) is 3.47. The second-order valence-corrected chi connectivity index (χ2v) is 5.17. The minimum atomic E-state index is -0.117. The molecule has 82 valence electrons. The van der Waals surface area contributed by atoms with Crippen molar-refractivity contribution in [1.82, 2.24) is 5.43 Å². The molecule has 3 aliphatic carbocycles. The third-order valence-corrected chi connectivity index (χ3v) is 3.95. The first-order valence-electron chi connectivity index (χ1n) is 5.51. The summed E-state index contributed by atoms with van der Waals surface area (Å²) in [5, 5.41) is 3.94. The third kappa shape index (κ3) is 1.71. The maximum absolute atomic E-state index is 10.7. The van der Waals surface area contributed by atoms with Crippen LogP contribution in [0.4, 0.5) is 0 Å². The molecule has 0 aliphatic heterocycles. The highest BCUT2D eigenvalue weighted by molar-refractivity contribution is 5.82. The molecule has 3 rings (SSSR count). The Morgan fingerprint density at radius 3 is 2.93 bits per heavy atom. The molecule has 0 aromatic heterocycles. The SMILES string of the molecule is CC(=O)N/N=C\C1=CC[C@H]2C[C@@H]1C2(C)C. The number of allylic oxidation sites excluding steroid dienone is 2. The zero-order chi connectivity index (χ0) is 11.1. The largest absolute Gasteiger partial charge is 0.274 e. The number of carbonyl (C=O) groups excluding carboxylic acids is 1. The molecule has 3 heteroatoms. The van der Waals surface area contributed by atoms with Gasteiger partial charge in [0.15, 0.2) is 0 Å². The van der Waals surface area contributed by atoms with Crippen LogP contribution in [0.3, 0.4) is 0 Å². The minimum absolute atomic E-state index is 0.117. The van der Waals surface area contributed by atoms with E-state index in [9.17, 15) is 4.79 Å². The average Bonchev–Trinajstić information content (AvgIpc) is 2.17. The normalized spacial score (nSPS) is 32.1. The lowest BCUT2D eigenvalue weighted by atomic mass is 9.49. The number of hydrazone groups is 1. The van der Waals surface area contributed by atoms with E-state index in [2.05, 4.69) is 30.5 Å². The van der Waals surface area contributed by atoms with Crippen molar-refractivity contribution in [3.05, 3.63) is 11.6 Å². The molecule has 0 saturated heterocycles. The number of hydrogen-bond donors (Lipinski definition) is 1. The fourth-order valence-electron chi connectivity index (χ4n) is 2.74. The molecule has 1 fully saturated rings. The zero-order valence-corrected chi connectivity index (χ0v) is 9.58. The fourth-order valence-corrected chi connectivity index (χ4v) is 2.74. The van der Waals surface area contributed by atoms with Gasteiger partial charge in [-0.2, -0.15) is 5.10 Å². The molecule has 0 aromatic carbocycles. The quantitative estimate of drug-likeness (QED) is 0.545. The van der Waals surface area contributed by atoms with Crippen molar-refractivity contribution in [3.63, 3.8) is 0 Å². The Labute approximate surface area is 90.6 Å². The van der Waals surface area contributed by atoms with Crippen molar-refractivity contribution < 1.29 is 4.79 Å². The third-order valence-electron chi connectivity index (χ3n) is 3.95. The van der Waals surface area contributed by atoms with Crippen molar-refractivity contribution in [2.75, 3.05) is 0 Å². The van der Waals surface area contributed by atoms with Crippen LogP contribution < -0.4 is 5.43 Å². The maximum atomic E-state index is 10.7. The molecule has 1 N–H and O–H groups in total. The Kier molecular flexibility index (Phi) is 2.41. The molecule has 3 nitrogen and oxygen atoms in total. The molecule has 3 aliphatic rings. The lowest BCUT2D eigenvalue weighted by molar-refractivity contribution is -0.118. The predicted molar refractivity (Wildman–Crippen MR) is 60.4 cm³/mol. The summed E-state index contributed by atoms with van der Waals surface area (Å²) in [7, 11) is 0. The van der Waals surface area contributed by atoms with Gasteiger partial charge in [0, 0.05) is 6.92 Å². The number of fused-ring (bicyclic) bond motifs is 1. The van der Waals surface area contributed by atoms with E-state index >= 15 is 0 Å². The van der Waals surface area contributed by atoms with Crippen LogP contribution in [-0.4, -0.2) is 12.1 Å². The van der Waals surface area contributed by atoms with E-state index in [0.717, 1.165) is 12.3 Å². The van der Waals surface area contributed by atoms with Crippen molar-refractivity contribution >= 4 is 12.1 Å². The van der Waals surface area contributed by atoms with Crippen LogP contribution in [0, 0.1) is 17.3 Å². The first kappa shape index (κ1) is 10.4. The number of nitrogens with zero attached hydrogens (tertiary/aromatic N) is 1. The lowest BCUT2D eigenvalue weighted by Crippen LogP contribution is -2.48. The summed E-state index contributed by atoms with van der Waals surface area (Å²) in [5.41, 5.74) is 4.16. The Hall–Kier alpha value is -1.12. The number of nitrogens with one attached hydrogen (secondary N) is 1. The lowest BCUT2D eigenvalue weighted by Gasteiger charge is -2.55. The van der Waals surface area contributed by atoms with Crippen LogP contribution in [0.2, 0.25) is 0 Å². The van der Waals surface area contributed by atoms with Gasteiger partial charge >= 0.3 is 0 Å². The minimum Gasteiger partial charge on any atom is -0.274 e. The molecule has 0 spiro atoms. The molecule has 2 atom stereocenters. The Balaban J connectivity index is 2.02. The second-order valence-electron chi connectivity index (χ2n) is 5.17. The number of hydrogen-bond acceptors (Lipinski definition) is 2. The summed E-state index contributed by atoms with van der Waals surface area (Å²) in [5.74, 6) is 1.36. The molecule has 0 radical (unpaired) electrons. The Bertz CT molecular complexity index is 342. The summed E-state index contributed by atoms with van der Waals surface area (Å²) in [6.07, 6.45) is 6.51. The van der Waals surface area contributed by atoms with Gasteiger partial charge in [0.1, 0.15) is 0 Å². The van der Waals surface area contributed by atoms with Gasteiger partial charge in [-0.3, -0.25) is 4.79 Å². The van der Waals surface area contributed by atoms with E-state index in [4.69, 9.17) is 0 Å². The Morgan fingerprint density at radius 2 is 2.40 bits per heavy atom. The van der Waals surface area contributed by atoms with Crippen LogP contribution in [0.25, 0.3) is 0 Å². The Morgan fingerprint density at radius 1 is 1.67 bits per heavy atom. The van der Waals surface area contributed by atoms with E-state index < -0.39 is 0 Å². The van der Waals surface area contributed by atoms with Crippen LogP contribution in [0.5, 0.6) is 0 Å².